The van der Waals surface area contributed by atoms with Crippen LogP contribution in [0.15, 0.2) is 67.0 Å². The number of hydrogen-bond acceptors (Lipinski definition) is 10. The number of nitrogens with one attached hydrogen (secondary N) is 1. The number of anilines is 2. The SMILES string of the molecule is COc1cc(-n2ncc3c(-c4cccc(Nc5nc(C(F)F)nc6cc(CN(C)C7CCCCC7)cnc56)c4C)cccc32)cc(OC)c1CN1CC2(C1)CN(C(C)=O)C2. The van der Waals surface area contributed by atoms with Gasteiger partial charge in [0.2, 0.25) is 5.91 Å². The number of aromatic nitrogens is 5. The molecule has 3 fully saturated rings. The minimum Gasteiger partial charge on any atom is -0.496 e. The molecule has 5 heterocycles. The van der Waals surface area contributed by atoms with E-state index in [1.807, 2.05) is 71.2 Å². The molecule has 12 nitrogen and oxygen atoms in total. The minimum atomic E-state index is -2.84. The maximum absolute atomic E-state index is 14.2. The molecule has 6 aromatic rings. The van der Waals surface area contributed by atoms with Crippen LogP contribution in [0.4, 0.5) is 20.3 Å². The van der Waals surface area contributed by atoms with Gasteiger partial charge in [0, 0.05) is 87.1 Å². The third kappa shape index (κ3) is 7.40. The van der Waals surface area contributed by atoms with E-state index in [4.69, 9.17) is 19.6 Å². The molecule has 1 N–H and O–H groups in total. The van der Waals surface area contributed by atoms with Crippen molar-refractivity contribution in [3.63, 3.8) is 0 Å². The standard InChI is InChI=1S/C46H51F2N9O3/c1-28-33(13-9-15-37(28)51-44-42-38(52-45(53-44)43(47)48)17-30(20-49-42)22-54(3)31-11-7-6-8-12-31)34-14-10-16-39-35(34)21-50-57(39)32-18-40(59-4)36(41(19-32)60-5)23-55-24-46(25-55)26-56(27-46)29(2)58/h9-10,13-21,31,43H,6-8,11-12,22-27H2,1-5H3,(H,51,52,53). The molecular weight excluding hydrogens is 765 g/mol. The van der Waals surface area contributed by atoms with Gasteiger partial charge in [-0.25, -0.2) is 23.4 Å². The van der Waals surface area contributed by atoms with Crippen LogP contribution in [0, 0.1) is 12.3 Å². The van der Waals surface area contributed by atoms with Gasteiger partial charge in [0.15, 0.2) is 11.6 Å². The smallest absolute Gasteiger partial charge is 0.297 e. The predicted molar refractivity (Wildman–Crippen MR) is 228 cm³/mol. The molecule has 0 atom stereocenters. The van der Waals surface area contributed by atoms with Crippen molar-refractivity contribution in [2.45, 2.75) is 71.5 Å². The van der Waals surface area contributed by atoms with Gasteiger partial charge in [-0.3, -0.25) is 19.6 Å². The summed E-state index contributed by atoms with van der Waals surface area (Å²) in [7, 11) is 5.46. The second kappa shape index (κ2) is 16.0. The van der Waals surface area contributed by atoms with Crippen LogP contribution in [-0.4, -0.2) is 98.8 Å². The van der Waals surface area contributed by atoms with Gasteiger partial charge >= 0.3 is 0 Å². The quantitative estimate of drug-likeness (QED) is 0.129. The number of likely N-dealkylation sites (tertiary alicyclic amines) is 2. The Morgan fingerprint density at radius 2 is 1.67 bits per heavy atom. The van der Waals surface area contributed by atoms with E-state index in [-0.39, 0.29) is 17.1 Å². The fraction of sp³-hybridized carbons (Fsp3) is 0.413. The highest BCUT2D eigenvalue weighted by molar-refractivity contribution is 5.97. The van der Waals surface area contributed by atoms with Crippen LogP contribution in [0.1, 0.15) is 68.0 Å². The molecule has 3 aromatic heterocycles. The Hall–Kier alpha value is -5.73. The summed E-state index contributed by atoms with van der Waals surface area (Å²) in [6, 6.07) is 18.4. The van der Waals surface area contributed by atoms with Crippen molar-refractivity contribution in [3.8, 4) is 28.3 Å². The molecule has 0 bridgehead atoms. The van der Waals surface area contributed by atoms with Crippen LogP contribution in [-0.2, 0) is 17.9 Å². The fourth-order valence-corrected chi connectivity index (χ4v) is 9.64. The number of carbonyl (C=O) groups is 1. The molecular formula is C46H51F2N9O3. The number of benzene rings is 3. The van der Waals surface area contributed by atoms with Crippen LogP contribution < -0.4 is 14.8 Å². The Labute approximate surface area is 348 Å². The lowest BCUT2D eigenvalue weighted by Crippen LogP contribution is -2.72. The Bertz CT molecular complexity index is 2550. The number of alkyl halides is 2. The van der Waals surface area contributed by atoms with Crippen LogP contribution in [0.2, 0.25) is 0 Å². The van der Waals surface area contributed by atoms with Gasteiger partial charge in [0.1, 0.15) is 17.0 Å². The van der Waals surface area contributed by atoms with E-state index >= 15 is 0 Å². The van der Waals surface area contributed by atoms with Crippen LogP contribution >= 0.6 is 0 Å². The average molecular weight is 816 g/mol. The normalized spacial score (nSPS) is 16.8. The van der Waals surface area contributed by atoms with Crippen LogP contribution in [0.3, 0.4) is 0 Å². The first kappa shape index (κ1) is 39.7. The number of ether oxygens (including phenoxy) is 2. The first-order valence-electron chi connectivity index (χ1n) is 20.7. The van der Waals surface area contributed by atoms with Gasteiger partial charge in [0.25, 0.3) is 6.43 Å². The molecule has 1 saturated carbocycles. The highest BCUT2D eigenvalue weighted by atomic mass is 19.3. The van der Waals surface area contributed by atoms with Crippen molar-refractivity contribution in [2.24, 2.45) is 5.41 Å². The number of hydrogen-bond donors (Lipinski definition) is 1. The summed E-state index contributed by atoms with van der Waals surface area (Å²) in [5.41, 5.74) is 8.13. The lowest BCUT2D eigenvalue weighted by Gasteiger charge is -2.60. The molecule has 9 rings (SSSR count). The highest BCUT2D eigenvalue weighted by Crippen LogP contribution is 2.43. The van der Waals surface area contributed by atoms with Gasteiger partial charge in [-0.15, -0.1) is 0 Å². The number of halogens is 2. The fourth-order valence-electron chi connectivity index (χ4n) is 9.64. The zero-order valence-corrected chi connectivity index (χ0v) is 34.8. The summed E-state index contributed by atoms with van der Waals surface area (Å²) in [6.45, 7) is 8.46. The molecule has 2 saturated heterocycles. The molecule has 2 aliphatic heterocycles. The van der Waals surface area contributed by atoms with Crippen molar-refractivity contribution in [3.05, 3.63) is 89.5 Å². The number of pyridine rings is 1. The van der Waals surface area contributed by atoms with Crippen LogP contribution in [0.5, 0.6) is 11.5 Å². The molecule has 1 aliphatic carbocycles. The number of nitrogens with zero attached hydrogens (tertiary/aromatic N) is 8. The minimum absolute atomic E-state index is 0.135. The van der Waals surface area contributed by atoms with Gasteiger partial charge < -0.3 is 19.7 Å². The largest absolute Gasteiger partial charge is 0.496 e. The summed E-state index contributed by atoms with van der Waals surface area (Å²) in [4.78, 5) is 31.6. The van der Waals surface area contributed by atoms with Gasteiger partial charge in [-0.2, -0.15) is 5.10 Å². The maximum atomic E-state index is 14.2. The first-order valence-corrected chi connectivity index (χ1v) is 20.7. The van der Waals surface area contributed by atoms with E-state index in [2.05, 4.69) is 38.2 Å². The Kier molecular flexibility index (Phi) is 10.6. The Morgan fingerprint density at radius 1 is 0.950 bits per heavy atom. The molecule has 3 aliphatic rings. The zero-order chi connectivity index (χ0) is 41.7. The monoisotopic (exact) mass is 815 g/mol. The molecule has 3 aromatic carbocycles. The van der Waals surface area contributed by atoms with E-state index in [9.17, 15) is 13.6 Å². The van der Waals surface area contributed by atoms with E-state index < -0.39 is 12.2 Å². The number of carbonyl (C=O) groups excluding carboxylic acids is 1. The summed E-state index contributed by atoms with van der Waals surface area (Å²) < 4.78 is 42.2. The van der Waals surface area contributed by atoms with Gasteiger partial charge in [-0.05, 0) is 67.3 Å². The number of fused-ring (bicyclic) bond motifs is 2. The second-order valence-electron chi connectivity index (χ2n) is 16.9. The van der Waals surface area contributed by atoms with Crippen molar-refractivity contribution >= 4 is 39.3 Å². The van der Waals surface area contributed by atoms with Crippen molar-refractivity contribution in [1.82, 2.24) is 39.4 Å². The predicted octanol–water partition coefficient (Wildman–Crippen LogP) is 8.47. The molecule has 60 heavy (non-hydrogen) atoms. The number of methoxy groups -OCH3 is 2. The molecule has 312 valence electrons. The third-order valence-electron chi connectivity index (χ3n) is 12.8. The Balaban J connectivity index is 0.989. The lowest BCUT2D eigenvalue weighted by atomic mass is 9.72. The lowest BCUT2D eigenvalue weighted by molar-refractivity contribution is -0.157. The van der Waals surface area contributed by atoms with Crippen molar-refractivity contribution in [1.29, 1.82) is 0 Å². The van der Waals surface area contributed by atoms with Crippen molar-refractivity contribution in [2.75, 3.05) is 52.8 Å². The summed E-state index contributed by atoms with van der Waals surface area (Å²) in [5.74, 6) is 1.25. The van der Waals surface area contributed by atoms with Crippen molar-refractivity contribution < 1.29 is 23.0 Å². The second-order valence-corrected chi connectivity index (χ2v) is 16.9. The summed E-state index contributed by atoms with van der Waals surface area (Å²) >= 11 is 0. The summed E-state index contributed by atoms with van der Waals surface area (Å²) in [5, 5.41) is 9.15. The van der Waals surface area contributed by atoms with E-state index in [0.29, 0.717) is 47.4 Å². The number of amides is 1. The van der Waals surface area contributed by atoms with Gasteiger partial charge in [0.05, 0.1) is 42.7 Å². The molecule has 0 radical (unpaired) electrons. The summed E-state index contributed by atoms with van der Waals surface area (Å²) in [6.07, 6.45) is 6.90. The maximum Gasteiger partial charge on any atom is 0.297 e. The molecule has 14 heteroatoms. The number of rotatable bonds is 12. The van der Waals surface area contributed by atoms with Gasteiger partial charge in [-0.1, -0.05) is 43.5 Å². The van der Waals surface area contributed by atoms with Crippen LogP contribution in [0.25, 0.3) is 38.8 Å². The zero-order valence-electron chi connectivity index (χ0n) is 34.8. The van der Waals surface area contributed by atoms with E-state index in [1.54, 1.807) is 27.3 Å². The first-order chi connectivity index (χ1) is 29.0. The van der Waals surface area contributed by atoms with E-state index in [0.717, 1.165) is 70.6 Å². The molecule has 0 unspecified atom stereocenters. The topological polar surface area (TPSA) is 114 Å². The molecule has 1 amide bonds. The highest BCUT2D eigenvalue weighted by Gasteiger charge is 2.52. The third-order valence-corrected chi connectivity index (χ3v) is 12.8. The average Bonchev–Trinajstić information content (AvgIpc) is 3.66. The molecule has 1 spiro atoms. The Morgan fingerprint density at radius 3 is 2.37 bits per heavy atom. The van der Waals surface area contributed by atoms with E-state index in [1.165, 1.54) is 32.1 Å².